The minimum Gasteiger partial charge on any atom is -0.383 e. The van der Waals surface area contributed by atoms with Gasteiger partial charge in [0.15, 0.2) is 0 Å². The van der Waals surface area contributed by atoms with Crippen LogP contribution < -0.4 is 0 Å². The molecule has 1 saturated heterocycles. The van der Waals surface area contributed by atoms with Crippen molar-refractivity contribution in [2.24, 2.45) is 5.92 Å². The van der Waals surface area contributed by atoms with E-state index in [1.807, 2.05) is 6.07 Å². The molecule has 0 N–H and O–H groups in total. The van der Waals surface area contributed by atoms with Crippen LogP contribution >= 0.6 is 11.6 Å². The molecule has 1 heterocycles. The van der Waals surface area contributed by atoms with Gasteiger partial charge >= 0.3 is 0 Å². The number of halogens is 2. The molecule has 1 aromatic carbocycles. The molecule has 1 aliphatic heterocycles. The Bertz CT molecular complexity index is 464. The zero-order chi connectivity index (χ0) is 15.9. The Kier molecular flexibility index (Phi) is 7.09. The summed E-state index contributed by atoms with van der Waals surface area (Å²) in [5, 5.41) is 0.253. The third kappa shape index (κ3) is 5.20. The molecule has 0 unspecified atom stereocenters. The molecule has 0 aromatic heterocycles. The lowest BCUT2D eigenvalue weighted by Gasteiger charge is -2.33. The van der Waals surface area contributed by atoms with Crippen LogP contribution in [0.1, 0.15) is 18.4 Å². The second kappa shape index (κ2) is 8.82. The number of ether oxygens (including phenoxy) is 1. The second-order valence-electron chi connectivity index (χ2n) is 6.19. The fourth-order valence-corrected chi connectivity index (χ4v) is 3.27. The van der Waals surface area contributed by atoms with E-state index in [0.29, 0.717) is 12.5 Å². The quantitative estimate of drug-likeness (QED) is 0.764. The summed E-state index contributed by atoms with van der Waals surface area (Å²) in [6.07, 6.45) is 2.43. The summed E-state index contributed by atoms with van der Waals surface area (Å²) >= 11 is 6.03. The van der Waals surface area contributed by atoms with Crippen LogP contribution in [-0.4, -0.2) is 56.7 Å². The highest BCUT2D eigenvalue weighted by Crippen LogP contribution is 2.23. The molecular weight excluding hydrogens is 303 g/mol. The lowest BCUT2D eigenvalue weighted by atomic mass is 9.96. The van der Waals surface area contributed by atoms with Gasteiger partial charge in [0.05, 0.1) is 11.6 Å². The highest BCUT2D eigenvalue weighted by molar-refractivity contribution is 6.31. The molecule has 0 atom stereocenters. The van der Waals surface area contributed by atoms with Crippen LogP contribution in [0.3, 0.4) is 0 Å². The maximum absolute atomic E-state index is 13.5. The van der Waals surface area contributed by atoms with Gasteiger partial charge in [0.25, 0.3) is 0 Å². The predicted octanol–water partition coefficient (Wildman–Crippen LogP) is 3.27. The standard InChI is InChI=1S/C17H26ClFN2O/c1-20(13-15-4-3-5-16(19)17(15)18)12-14-6-8-21(9-7-14)10-11-22-2/h3-5,14H,6-13H2,1-2H3. The predicted molar refractivity (Wildman–Crippen MR) is 88.8 cm³/mol. The van der Waals surface area contributed by atoms with Crippen molar-refractivity contribution in [2.75, 3.05) is 46.9 Å². The monoisotopic (exact) mass is 328 g/mol. The molecule has 2 rings (SSSR count). The van der Waals surface area contributed by atoms with Crippen LogP contribution in [0.4, 0.5) is 4.39 Å². The summed E-state index contributed by atoms with van der Waals surface area (Å²) in [7, 11) is 3.83. The second-order valence-corrected chi connectivity index (χ2v) is 6.57. The third-order valence-corrected chi connectivity index (χ3v) is 4.78. The summed E-state index contributed by atoms with van der Waals surface area (Å²) < 4.78 is 18.6. The van der Waals surface area contributed by atoms with E-state index in [-0.39, 0.29) is 10.8 Å². The highest BCUT2D eigenvalue weighted by atomic mass is 35.5. The van der Waals surface area contributed by atoms with E-state index in [9.17, 15) is 4.39 Å². The Morgan fingerprint density at radius 2 is 2.09 bits per heavy atom. The first kappa shape index (κ1) is 17.7. The van der Waals surface area contributed by atoms with Gasteiger partial charge in [-0.25, -0.2) is 4.39 Å². The molecule has 3 nitrogen and oxygen atoms in total. The van der Waals surface area contributed by atoms with E-state index in [1.165, 1.54) is 18.9 Å². The molecule has 1 fully saturated rings. The number of nitrogens with zero attached hydrogens (tertiary/aromatic N) is 2. The molecule has 0 radical (unpaired) electrons. The maximum atomic E-state index is 13.5. The number of likely N-dealkylation sites (tertiary alicyclic amines) is 1. The van der Waals surface area contributed by atoms with Crippen molar-refractivity contribution in [3.8, 4) is 0 Å². The van der Waals surface area contributed by atoms with Crippen molar-refractivity contribution < 1.29 is 9.13 Å². The molecular formula is C17H26ClFN2O. The Hall–Kier alpha value is -0.680. The maximum Gasteiger partial charge on any atom is 0.142 e. The van der Waals surface area contributed by atoms with E-state index in [2.05, 4.69) is 16.8 Å². The van der Waals surface area contributed by atoms with E-state index in [4.69, 9.17) is 16.3 Å². The zero-order valence-electron chi connectivity index (χ0n) is 13.5. The van der Waals surface area contributed by atoms with Crippen LogP contribution in [0, 0.1) is 11.7 Å². The molecule has 124 valence electrons. The van der Waals surface area contributed by atoms with E-state index < -0.39 is 0 Å². The highest BCUT2D eigenvalue weighted by Gasteiger charge is 2.20. The largest absolute Gasteiger partial charge is 0.383 e. The molecule has 5 heteroatoms. The Balaban J connectivity index is 1.76. The molecule has 1 aliphatic rings. The molecule has 0 bridgehead atoms. The lowest BCUT2D eigenvalue weighted by molar-refractivity contribution is 0.110. The van der Waals surface area contributed by atoms with E-state index >= 15 is 0 Å². The van der Waals surface area contributed by atoms with Crippen molar-refractivity contribution in [3.63, 3.8) is 0 Å². The van der Waals surface area contributed by atoms with Gasteiger partial charge in [-0.05, 0) is 50.5 Å². The summed E-state index contributed by atoms with van der Waals surface area (Å²) in [5.74, 6) is 0.371. The van der Waals surface area contributed by atoms with Crippen LogP contribution in [0.5, 0.6) is 0 Å². The van der Waals surface area contributed by atoms with Crippen LogP contribution in [0.15, 0.2) is 18.2 Å². The van der Waals surface area contributed by atoms with Crippen molar-refractivity contribution in [1.29, 1.82) is 0 Å². The van der Waals surface area contributed by atoms with Crippen LogP contribution in [0.25, 0.3) is 0 Å². The SMILES string of the molecule is COCCN1CCC(CN(C)Cc2cccc(F)c2Cl)CC1. The number of hydrogen-bond donors (Lipinski definition) is 0. The first-order chi connectivity index (χ1) is 10.6. The van der Waals surface area contributed by atoms with Gasteiger partial charge in [0, 0.05) is 26.7 Å². The fraction of sp³-hybridized carbons (Fsp3) is 0.647. The topological polar surface area (TPSA) is 15.7 Å². The van der Waals surface area contributed by atoms with E-state index in [1.54, 1.807) is 13.2 Å². The smallest absolute Gasteiger partial charge is 0.142 e. The fourth-order valence-electron chi connectivity index (χ4n) is 3.08. The third-order valence-electron chi connectivity index (χ3n) is 4.36. The zero-order valence-corrected chi connectivity index (χ0v) is 14.3. The molecule has 0 aliphatic carbocycles. The van der Waals surface area contributed by atoms with Gasteiger partial charge in [0.2, 0.25) is 0 Å². The molecule has 0 saturated carbocycles. The summed E-state index contributed by atoms with van der Waals surface area (Å²) in [4.78, 5) is 4.71. The van der Waals surface area contributed by atoms with Crippen molar-refractivity contribution in [3.05, 3.63) is 34.6 Å². The molecule has 0 amide bonds. The first-order valence-electron chi connectivity index (χ1n) is 7.93. The minimum absolute atomic E-state index is 0.253. The summed E-state index contributed by atoms with van der Waals surface area (Å²) in [5.41, 5.74) is 0.863. The minimum atomic E-state index is -0.334. The molecule has 0 spiro atoms. The summed E-state index contributed by atoms with van der Waals surface area (Å²) in [6, 6.07) is 5.02. The van der Waals surface area contributed by atoms with Crippen molar-refractivity contribution >= 4 is 11.6 Å². The number of hydrogen-bond acceptors (Lipinski definition) is 3. The van der Waals surface area contributed by atoms with Gasteiger partial charge in [-0.15, -0.1) is 0 Å². The lowest BCUT2D eigenvalue weighted by Crippen LogP contribution is -2.39. The first-order valence-corrected chi connectivity index (χ1v) is 8.30. The summed E-state index contributed by atoms with van der Waals surface area (Å²) in [6.45, 7) is 5.84. The van der Waals surface area contributed by atoms with Gasteiger partial charge in [-0.1, -0.05) is 23.7 Å². The average Bonchev–Trinajstić information content (AvgIpc) is 2.51. The molecule has 1 aromatic rings. The average molecular weight is 329 g/mol. The Morgan fingerprint density at radius 3 is 2.77 bits per heavy atom. The number of methoxy groups -OCH3 is 1. The van der Waals surface area contributed by atoms with Crippen molar-refractivity contribution in [1.82, 2.24) is 9.80 Å². The van der Waals surface area contributed by atoms with Gasteiger partial charge in [-0.3, -0.25) is 0 Å². The number of piperidine rings is 1. The van der Waals surface area contributed by atoms with Gasteiger partial charge in [-0.2, -0.15) is 0 Å². The Morgan fingerprint density at radius 1 is 1.36 bits per heavy atom. The van der Waals surface area contributed by atoms with Gasteiger partial charge in [0.1, 0.15) is 5.82 Å². The van der Waals surface area contributed by atoms with Crippen LogP contribution in [0.2, 0.25) is 5.02 Å². The normalized spacial score (nSPS) is 17.3. The van der Waals surface area contributed by atoms with Crippen LogP contribution in [-0.2, 0) is 11.3 Å². The molecule has 22 heavy (non-hydrogen) atoms. The Labute approximate surface area is 138 Å². The van der Waals surface area contributed by atoms with Gasteiger partial charge < -0.3 is 14.5 Å². The number of benzene rings is 1. The number of rotatable bonds is 7. The van der Waals surface area contributed by atoms with E-state index in [0.717, 1.165) is 38.3 Å². The van der Waals surface area contributed by atoms with Crippen molar-refractivity contribution in [2.45, 2.75) is 19.4 Å².